The molecular weight excluding hydrogens is 245 g/mol. The van der Waals surface area contributed by atoms with Crippen molar-refractivity contribution in [1.82, 2.24) is 5.32 Å². The molecule has 1 aromatic rings. The third-order valence-electron chi connectivity index (χ3n) is 3.04. The Morgan fingerprint density at radius 3 is 2.65 bits per heavy atom. The van der Waals surface area contributed by atoms with Gasteiger partial charge in [-0.15, -0.1) is 12.4 Å². The molecule has 0 amide bonds. The van der Waals surface area contributed by atoms with Crippen molar-refractivity contribution >= 4 is 18.4 Å². The molecule has 0 saturated carbocycles. The molecule has 1 aliphatic heterocycles. The van der Waals surface area contributed by atoms with Crippen LogP contribution in [0.2, 0.25) is 0 Å². The van der Waals surface area contributed by atoms with Gasteiger partial charge >= 0.3 is 5.97 Å². The van der Waals surface area contributed by atoms with Crippen LogP contribution < -0.4 is 5.32 Å². The maximum Gasteiger partial charge on any atom is 0.326 e. The molecule has 1 fully saturated rings. The van der Waals surface area contributed by atoms with E-state index in [1.807, 2.05) is 0 Å². The number of rotatable bonds is 3. The van der Waals surface area contributed by atoms with E-state index < -0.39 is 5.54 Å². The van der Waals surface area contributed by atoms with Crippen LogP contribution >= 0.6 is 12.4 Å². The van der Waals surface area contributed by atoms with Crippen molar-refractivity contribution in [2.24, 2.45) is 0 Å². The summed E-state index contributed by atoms with van der Waals surface area (Å²) in [5.41, 5.74) is -0.183. The first-order chi connectivity index (χ1) is 7.68. The van der Waals surface area contributed by atoms with Crippen molar-refractivity contribution in [2.75, 3.05) is 13.7 Å². The van der Waals surface area contributed by atoms with E-state index in [2.05, 4.69) is 5.32 Å². The SMILES string of the molecule is COC(=O)C1(Cc2ccccc2F)CCN1.Cl. The van der Waals surface area contributed by atoms with Crippen LogP contribution in [0.5, 0.6) is 0 Å². The summed E-state index contributed by atoms with van der Waals surface area (Å²) in [7, 11) is 1.35. The Morgan fingerprint density at radius 1 is 1.53 bits per heavy atom. The quantitative estimate of drug-likeness (QED) is 0.840. The number of nitrogens with one attached hydrogen (secondary N) is 1. The minimum absolute atomic E-state index is 0. The summed E-state index contributed by atoms with van der Waals surface area (Å²) in [6, 6.07) is 6.50. The first kappa shape index (κ1) is 13.9. The summed E-state index contributed by atoms with van der Waals surface area (Å²) < 4.78 is 18.2. The summed E-state index contributed by atoms with van der Waals surface area (Å²) in [5, 5.41) is 3.04. The summed E-state index contributed by atoms with van der Waals surface area (Å²) in [6.07, 6.45) is 1.03. The highest BCUT2D eigenvalue weighted by molar-refractivity contribution is 5.85. The van der Waals surface area contributed by atoms with E-state index in [9.17, 15) is 9.18 Å². The first-order valence-corrected chi connectivity index (χ1v) is 5.25. The van der Waals surface area contributed by atoms with Crippen molar-refractivity contribution < 1.29 is 13.9 Å². The Morgan fingerprint density at radius 2 is 2.18 bits per heavy atom. The number of methoxy groups -OCH3 is 1. The molecular formula is C12H15ClFNO2. The van der Waals surface area contributed by atoms with Gasteiger partial charge in [-0.2, -0.15) is 0 Å². The fourth-order valence-electron chi connectivity index (χ4n) is 1.99. The first-order valence-electron chi connectivity index (χ1n) is 5.25. The lowest BCUT2D eigenvalue weighted by Crippen LogP contribution is -2.64. The van der Waals surface area contributed by atoms with Crippen molar-refractivity contribution in [3.8, 4) is 0 Å². The Bertz CT molecular complexity index is 407. The summed E-state index contributed by atoms with van der Waals surface area (Å²) in [5.74, 6) is -0.596. The van der Waals surface area contributed by atoms with Crippen molar-refractivity contribution in [2.45, 2.75) is 18.4 Å². The molecule has 0 aliphatic carbocycles. The fourth-order valence-corrected chi connectivity index (χ4v) is 1.99. The molecule has 1 aromatic carbocycles. The largest absolute Gasteiger partial charge is 0.468 e. The number of hydrogen-bond donors (Lipinski definition) is 1. The molecule has 2 rings (SSSR count). The summed E-state index contributed by atoms with van der Waals surface area (Å²) in [4.78, 5) is 11.6. The zero-order valence-corrected chi connectivity index (χ0v) is 10.3. The van der Waals surface area contributed by atoms with Gasteiger partial charge in [0.25, 0.3) is 0 Å². The summed E-state index contributed by atoms with van der Waals surface area (Å²) in [6.45, 7) is 0.767. The number of carbonyl (C=O) groups is 1. The highest BCUT2D eigenvalue weighted by Crippen LogP contribution is 2.26. The topological polar surface area (TPSA) is 38.3 Å². The van der Waals surface area contributed by atoms with Gasteiger partial charge in [0.05, 0.1) is 7.11 Å². The van der Waals surface area contributed by atoms with E-state index in [0.717, 1.165) is 6.54 Å². The molecule has 1 unspecified atom stereocenters. The lowest BCUT2D eigenvalue weighted by molar-refractivity contribution is -0.152. The smallest absolute Gasteiger partial charge is 0.326 e. The van der Waals surface area contributed by atoms with Crippen LogP contribution in [0, 0.1) is 5.82 Å². The van der Waals surface area contributed by atoms with E-state index in [-0.39, 0.29) is 24.2 Å². The van der Waals surface area contributed by atoms with Gasteiger partial charge in [0.2, 0.25) is 0 Å². The highest BCUT2D eigenvalue weighted by atomic mass is 35.5. The van der Waals surface area contributed by atoms with E-state index in [1.54, 1.807) is 18.2 Å². The van der Waals surface area contributed by atoms with Gasteiger partial charge in [-0.3, -0.25) is 4.79 Å². The van der Waals surface area contributed by atoms with Crippen LogP contribution in [0.4, 0.5) is 4.39 Å². The van der Waals surface area contributed by atoms with Crippen LogP contribution in [0.15, 0.2) is 24.3 Å². The number of hydrogen-bond acceptors (Lipinski definition) is 3. The average molecular weight is 260 g/mol. The van der Waals surface area contributed by atoms with Gasteiger partial charge in [0.1, 0.15) is 11.4 Å². The third kappa shape index (κ3) is 2.58. The van der Waals surface area contributed by atoms with Crippen molar-refractivity contribution in [1.29, 1.82) is 0 Å². The van der Waals surface area contributed by atoms with Gasteiger partial charge < -0.3 is 10.1 Å². The number of halogens is 2. The zero-order chi connectivity index (χ0) is 11.6. The normalized spacial score (nSPS) is 22.2. The second-order valence-corrected chi connectivity index (χ2v) is 4.02. The maximum absolute atomic E-state index is 13.5. The van der Waals surface area contributed by atoms with Gasteiger partial charge in [0, 0.05) is 6.42 Å². The lowest BCUT2D eigenvalue weighted by atomic mass is 9.82. The van der Waals surface area contributed by atoms with Crippen LogP contribution in [0.25, 0.3) is 0 Å². The molecule has 94 valence electrons. The van der Waals surface area contributed by atoms with Crippen molar-refractivity contribution in [3.05, 3.63) is 35.6 Å². The average Bonchev–Trinajstić information content (AvgIpc) is 2.25. The van der Waals surface area contributed by atoms with Gasteiger partial charge in [0.15, 0.2) is 0 Å². The van der Waals surface area contributed by atoms with Crippen LogP contribution in [-0.4, -0.2) is 25.2 Å². The Balaban J connectivity index is 0.00000144. The molecule has 17 heavy (non-hydrogen) atoms. The molecule has 3 nitrogen and oxygen atoms in total. The molecule has 0 aromatic heterocycles. The van der Waals surface area contributed by atoms with E-state index in [4.69, 9.17) is 4.74 Å². The van der Waals surface area contributed by atoms with Gasteiger partial charge in [-0.1, -0.05) is 18.2 Å². The van der Waals surface area contributed by atoms with Crippen LogP contribution in [0.1, 0.15) is 12.0 Å². The molecule has 1 saturated heterocycles. The molecule has 1 N–H and O–H groups in total. The molecule has 5 heteroatoms. The monoisotopic (exact) mass is 259 g/mol. The molecule has 0 spiro atoms. The predicted octanol–water partition coefficient (Wildman–Crippen LogP) is 1.70. The highest BCUT2D eigenvalue weighted by Gasteiger charge is 2.45. The molecule has 0 radical (unpaired) electrons. The molecule has 0 bridgehead atoms. The van der Waals surface area contributed by atoms with E-state index in [1.165, 1.54) is 13.2 Å². The Hall–Kier alpha value is -1.13. The minimum atomic E-state index is -0.725. The molecule has 1 atom stereocenters. The second-order valence-electron chi connectivity index (χ2n) is 4.02. The standard InChI is InChI=1S/C12H14FNO2.ClH/c1-16-11(15)12(6-7-14-12)8-9-4-2-3-5-10(9)13;/h2-5,14H,6-8H2,1H3;1H. The van der Waals surface area contributed by atoms with Crippen LogP contribution in [0.3, 0.4) is 0 Å². The Labute approximate surface area is 106 Å². The lowest BCUT2D eigenvalue weighted by Gasteiger charge is -2.40. The maximum atomic E-state index is 13.5. The van der Waals surface area contributed by atoms with E-state index >= 15 is 0 Å². The number of esters is 1. The third-order valence-corrected chi connectivity index (χ3v) is 3.04. The van der Waals surface area contributed by atoms with E-state index in [0.29, 0.717) is 18.4 Å². The molecule has 1 aliphatic rings. The summed E-state index contributed by atoms with van der Waals surface area (Å²) >= 11 is 0. The van der Waals surface area contributed by atoms with Crippen LogP contribution in [-0.2, 0) is 16.0 Å². The fraction of sp³-hybridized carbons (Fsp3) is 0.417. The number of benzene rings is 1. The van der Waals surface area contributed by atoms with Crippen molar-refractivity contribution in [3.63, 3.8) is 0 Å². The van der Waals surface area contributed by atoms with Gasteiger partial charge in [-0.25, -0.2) is 4.39 Å². The van der Waals surface area contributed by atoms with Gasteiger partial charge in [-0.05, 0) is 24.6 Å². The Kier molecular flexibility index (Phi) is 4.48. The number of ether oxygens (including phenoxy) is 1. The minimum Gasteiger partial charge on any atom is -0.468 e. The zero-order valence-electron chi connectivity index (χ0n) is 9.53. The second kappa shape index (κ2) is 5.47. The number of carbonyl (C=O) groups excluding carboxylic acids is 1. The molecule has 1 heterocycles. The predicted molar refractivity (Wildman–Crippen MR) is 64.7 cm³/mol.